The molecular weight excluding hydrogens is 254 g/mol. The molecule has 2 heterocycles. The van der Waals surface area contributed by atoms with Gasteiger partial charge in [0.1, 0.15) is 11.3 Å². The van der Waals surface area contributed by atoms with Crippen LogP contribution in [0.2, 0.25) is 0 Å². The highest BCUT2D eigenvalue weighted by molar-refractivity contribution is 8.00. The highest BCUT2D eigenvalue weighted by atomic mass is 32.2. The molecule has 0 radical (unpaired) electrons. The zero-order chi connectivity index (χ0) is 13.2. The Kier molecular flexibility index (Phi) is 3.85. The zero-order valence-electron chi connectivity index (χ0n) is 11.6. The van der Waals surface area contributed by atoms with E-state index in [1.807, 2.05) is 7.05 Å². The molecule has 1 aliphatic rings. The van der Waals surface area contributed by atoms with E-state index in [2.05, 4.69) is 48.3 Å². The molecule has 102 valence electrons. The highest BCUT2D eigenvalue weighted by Crippen LogP contribution is 2.36. The topological polar surface area (TPSA) is 25.2 Å². The summed E-state index contributed by atoms with van der Waals surface area (Å²) in [5, 5.41) is 5.31. The van der Waals surface area contributed by atoms with Gasteiger partial charge in [0.25, 0.3) is 0 Å². The van der Waals surface area contributed by atoms with Crippen molar-refractivity contribution in [1.82, 2.24) is 5.32 Å². The summed E-state index contributed by atoms with van der Waals surface area (Å²) in [6, 6.07) is 8.92. The van der Waals surface area contributed by atoms with Gasteiger partial charge in [-0.3, -0.25) is 0 Å². The van der Waals surface area contributed by atoms with E-state index >= 15 is 0 Å². The summed E-state index contributed by atoms with van der Waals surface area (Å²) in [6.45, 7) is 2.12. The smallest absolute Gasteiger partial charge is 0.134 e. The van der Waals surface area contributed by atoms with Crippen molar-refractivity contribution in [1.29, 1.82) is 0 Å². The van der Waals surface area contributed by atoms with Crippen molar-refractivity contribution >= 4 is 22.7 Å². The van der Waals surface area contributed by atoms with Crippen LogP contribution in [0.25, 0.3) is 11.0 Å². The fourth-order valence-corrected chi connectivity index (χ4v) is 4.35. The number of hydrogen-bond donors (Lipinski definition) is 1. The molecule has 1 N–H and O–H groups in total. The lowest BCUT2D eigenvalue weighted by molar-refractivity contribution is 0.424. The van der Waals surface area contributed by atoms with E-state index in [9.17, 15) is 0 Å². The number of thioether (sulfide) groups is 1. The zero-order valence-corrected chi connectivity index (χ0v) is 12.4. The van der Waals surface area contributed by atoms with E-state index in [0.717, 1.165) is 11.3 Å². The van der Waals surface area contributed by atoms with E-state index < -0.39 is 0 Å². The van der Waals surface area contributed by atoms with Crippen molar-refractivity contribution in [2.75, 3.05) is 12.8 Å². The first kappa shape index (κ1) is 13.1. The lowest BCUT2D eigenvalue weighted by atomic mass is 10.0. The molecule has 2 nitrogen and oxygen atoms in total. The van der Waals surface area contributed by atoms with Gasteiger partial charge in [-0.2, -0.15) is 11.8 Å². The van der Waals surface area contributed by atoms with Gasteiger partial charge in [-0.25, -0.2) is 0 Å². The number of fused-ring (bicyclic) bond motifs is 1. The van der Waals surface area contributed by atoms with Crippen LogP contribution in [0.3, 0.4) is 0 Å². The van der Waals surface area contributed by atoms with E-state index in [1.165, 1.54) is 36.0 Å². The van der Waals surface area contributed by atoms with Gasteiger partial charge in [-0.15, -0.1) is 0 Å². The monoisotopic (exact) mass is 275 g/mol. The number of hydrogen-bond acceptors (Lipinski definition) is 3. The average Bonchev–Trinajstić information content (AvgIpc) is 2.83. The Hall–Kier alpha value is -0.930. The second-order valence-corrected chi connectivity index (χ2v) is 6.71. The first-order valence-electron chi connectivity index (χ1n) is 7.07. The van der Waals surface area contributed by atoms with Gasteiger partial charge in [0.05, 0.1) is 6.04 Å². The summed E-state index contributed by atoms with van der Waals surface area (Å²) in [7, 11) is 2.04. The SMILES string of the molecule is CNC(c1cc2cc(C)ccc2o1)C1CCCCS1. The van der Waals surface area contributed by atoms with Gasteiger partial charge < -0.3 is 9.73 Å². The first-order chi connectivity index (χ1) is 9.28. The lowest BCUT2D eigenvalue weighted by Gasteiger charge is -2.28. The van der Waals surface area contributed by atoms with Crippen molar-refractivity contribution < 1.29 is 4.42 Å². The maximum atomic E-state index is 6.05. The van der Waals surface area contributed by atoms with E-state index in [-0.39, 0.29) is 0 Å². The quantitative estimate of drug-likeness (QED) is 0.904. The summed E-state index contributed by atoms with van der Waals surface area (Å²) < 4.78 is 6.05. The predicted molar refractivity (Wildman–Crippen MR) is 82.8 cm³/mol. The molecule has 1 fully saturated rings. The molecule has 2 unspecified atom stereocenters. The van der Waals surface area contributed by atoms with Gasteiger partial charge in [0.15, 0.2) is 0 Å². The fourth-order valence-electron chi connectivity index (χ4n) is 2.88. The number of furan rings is 1. The van der Waals surface area contributed by atoms with Crippen LogP contribution >= 0.6 is 11.8 Å². The molecule has 2 atom stereocenters. The summed E-state index contributed by atoms with van der Waals surface area (Å²) in [4.78, 5) is 0. The van der Waals surface area contributed by atoms with Gasteiger partial charge in [0, 0.05) is 10.6 Å². The third-order valence-electron chi connectivity index (χ3n) is 3.90. The maximum Gasteiger partial charge on any atom is 0.134 e. The highest BCUT2D eigenvalue weighted by Gasteiger charge is 2.27. The van der Waals surface area contributed by atoms with Crippen LogP contribution in [0.4, 0.5) is 0 Å². The summed E-state index contributed by atoms with van der Waals surface area (Å²) in [5.41, 5.74) is 2.29. The van der Waals surface area contributed by atoms with E-state index in [4.69, 9.17) is 4.42 Å². The third kappa shape index (κ3) is 2.67. The van der Waals surface area contributed by atoms with Crippen LogP contribution in [0, 0.1) is 6.92 Å². The minimum atomic E-state index is 0.331. The molecule has 0 amide bonds. The molecule has 0 bridgehead atoms. The standard InChI is InChI=1S/C16H21NOS/c1-11-6-7-13-12(9-11)10-14(18-13)16(17-2)15-5-3-4-8-19-15/h6-7,9-10,15-17H,3-5,8H2,1-2H3. The van der Waals surface area contributed by atoms with Crippen LogP contribution in [0.15, 0.2) is 28.7 Å². The predicted octanol–water partition coefficient (Wildman–Crippen LogP) is 4.29. The van der Waals surface area contributed by atoms with Gasteiger partial charge >= 0.3 is 0 Å². The van der Waals surface area contributed by atoms with Gasteiger partial charge in [0.2, 0.25) is 0 Å². The van der Waals surface area contributed by atoms with Crippen molar-refractivity contribution in [2.24, 2.45) is 0 Å². The van der Waals surface area contributed by atoms with Crippen molar-refractivity contribution in [2.45, 2.75) is 37.5 Å². The van der Waals surface area contributed by atoms with Crippen molar-refractivity contribution in [3.8, 4) is 0 Å². The van der Waals surface area contributed by atoms with Crippen LogP contribution in [-0.2, 0) is 0 Å². The molecule has 0 spiro atoms. The normalized spacial score (nSPS) is 21.7. The number of aryl methyl sites for hydroxylation is 1. The number of nitrogens with one attached hydrogen (secondary N) is 1. The minimum absolute atomic E-state index is 0.331. The molecule has 0 aliphatic carbocycles. The average molecular weight is 275 g/mol. The fraction of sp³-hybridized carbons (Fsp3) is 0.500. The Labute approximate surface area is 118 Å². The molecule has 2 aromatic rings. The molecule has 3 heteroatoms. The van der Waals surface area contributed by atoms with Crippen molar-refractivity contribution in [3.05, 3.63) is 35.6 Å². The molecule has 1 aliphatic heterocycles. The molecule has 1 aromatic heterocycles. The molecule has 0 saturated carbocycles. The number of benzene rings is 1. The Morgan fingerprint density at radius 1 is 1.32 bits per heavy atom. The van der Waals surface area contributed by atoms with Crippen LogP contribution in [0.5, 0.6) is 0 Å². The van der Waals surface area contributed by atoms with E-state index in [1.54, 1.807) is 0 Å². The second kappa shape index (κ2) is 5.59. The Bertz CT molecular complexity index is 557. The van der Waals surface area contributed by atoms with E-state index in [0.29, 0.717) is 11.3 Å². The first-order valence-corrected chi connectivity index (χ1v) is 8.12. The summed E-state index contributed by atoms with van der Waals surface area (Å²) >= 11 is 2.08. The number of rotatable bonds is 3. The molecule has 1 saturated heterocycles. The lowest BCUT2D eigenvalue weighted by Crippen LogP contribution is -2.28. The molecule has 19 heavy (non-hydrogen) atoms. The minimum Gasteiger partial charge on any atom is -0.459 e. The van der Waals surface area contributed by atoms with Crippen LogP contribution in [-0.4, -0.2) is 18.1 Å². The summed E-state index contributed by atoms with van der Waals surface area (Å²) in [5.74, 6) is 2.37. The Balaban J connectivity index is 1.91. The second-order valence-electron chi connectivity index (χ2n) is 5.36. The van der Waals surface area contributed by atoms with Crippen molar-refractivity contribution in [3.63, 3.8) is 0 Å². The maximum absolute atomic E-state index is 6.05. The Morgan fingerprint density at radius 3 is 2.95 bits per heavy atom. The summed E-state index contributed by atoms with van der Waals surface area (Å²) in [6.07, 6.45) is 3.98. The molecule has 1 aromatic carbocycles. The third-order valence-corrected chi connectivity index (χ3v) is 5.36. The van der Waals surface area contributed by atoms with Crippen LogP contribution in [0.1, 0.15) is 36.6 Å². The van der Waals surface area contributed by atoms with Crippen LogP contribution < -0.4 is 5.32 Å². The molecule has 3 rings (SSSR count). The van der Waals surface area contributed by atoms with Gasteiger partial charge in [-0.1, -0.05) is 18.1 Å². The Morgan fingerprint density at radius 2 is 2.21 bits per heavy atom. The molecular formula is C16H21NOS. The van der Waals surface area contributed by atoms with Gasteiger partial charge in [-0.05, 0) is 50.8 Å². The largest absolute Gasteiger partial charge is 0.459 e.